The van der Waals surface area contributed by atoms with Crippen LogP contribution in [0.3, 0.4) is 0 Å². The summed E-state index contributed by atoms with van der Waals surface area (Å²) in [5.41, 5.74) is 0. The molecule has 1 heterocycles. The average molecular weight is 284 g/mol. The number of nitrogens with zero attached hydrogens (tertiary/aromatic N) is 1. The third-order valence-electron chi connectivity index (χ3n) is 4.12. The molecule has 1 saturated carbocycles. The van der Waals surface area contributed by atoms with E-state index in [0.717, 1.165) is 25.7 Å². The van der Waals surface area contributed by atoms with Crippen molar-refractivity contribution in [3.63, 3.8) is 0 Å². The number of rotatable bonds is 3. The minimum absolute atomic E-state index is 0.0869. The summed E-state index contributed by atoms with van der Waals surface area (Å²) < 4.78 is 0. The topological polar surface area (TPSA) is 66.5 Å². The van der Waals surface area contributed by atoms with Crippen LogP contribution in [0.4, 0.5) is 0 Å². The third-order valence-corrected chi connectivity index (χ3v) is 4.53. The molecule has 1 atom stereocenters. The van der Waals surface area contributed by atoms with Crippen molar-refractivity contribution in [3.05, 3.63) is 0 Å². The first-order chi connectivity index (χ1) is 9.02. The summed E-state index contributed by atoms with van der Waals surface area (Å²) in [6, 6.07) is 0. The van der Waals surface area contributed by atoms with Crippen LogP contribution in [0.15, 0.2) is 0 Å². The summed E-state index contributed by atoms with van der Waals surface area (Å²) in [7, 11) is 1.66. The van der Waals surface area contributed by atoms with E-state index in [1.165, 1.54) is 4.90 Å². The number of thiol groups is 1. The quantitative estimate of drug-likeness (QED) is 0.589. The Kier molecular flexibility index (Phi) is 4.50. The third kappa shape index (κ3) is 3.11. The Bertz CT molecular complexity index is 391. The molecule has 1 aliphatic carbocycles. The zero-order chi connectivity index (χ0) is 14.0. The highest BCUT2D eigenvalue weighted by Gasteiger charge is 2.38. The summed E-state index contributed by atoms with van der Waals surface area (Å²) in [4.78, 5) is 36.3. The number of likely N-dealkylation sites (tertiary alicyclic amines) is 1. The molecule has 1 N–H and O–H groups in total. The minimum Gasteiger partial charge on any atom is -0.359 e. The smallest absolute Gasteiger partial charge is 0.242 e. The maximum absolute atomic E-state index is 11.8. The lowest BCUT2D eigenvalue weighted by Gasteiger charge is -2.29. The lowest BCUT2D eigenvalue weighted by Crippen LogP contribution is -2.38. The van der Waals surface area contributed by atoms with Gasteiger partial charge in [-0.2, -0.15) is 12.6 Å². The molecule has 0 spiro atoms. The van der Waals surface area contributed by atoms with E-state index in [2.05, 4.69) is 17.9 Å². The molecule has 5 nitrogen and oxygen atoms in total. The van der Waals surface area contributed by atoms with Crippen molar-refractivity contribution in [1.82, 2.24) is 10.2 Å². The molecule has 1 unspecified atom stereocenters. The van der Waals surface area contributed by atoms with Crippen molar-refractivity contribution in [2.45, 2.75) is 37.4 Å². The number of amides is 3. The van der Waals surface area contributed by atoms with Gasteiger partial charge in [-0.1, -0.05) is 0 Å². The predicted octanol–water partition coefficient (Wildman–Crippen LogP) is 0.596. The summed E-state index contributed by atoms with van der Waals surface area (Å²) in [5.74, 6) is 0.235. The second-order valence-electron chi connectivity index (χ2n) is 5.39. The molecular formula is C13H20N2O3S. The van der Waals surface area contributed by atoms with Gasteiger partial charge in [0.2, 0.25) is 17.7 Å². The highest BCUT2D eigenvalue weighted by Crippen LogP contribution is 2.31. The summed E-state index contributed by atoms with van der Waals surface area (Å²) in [5, 5.41) is 2.21. The summed E-state index contributed by atoms with van der Waals surface area (Å²) in [6.45, 7) is 0.495. The number of carbonyl (C=O) groups excluding carboxylic acids is 3. The van der Waals surface area contributed by atoms with Crippen LogP contribution in [-0.4, -0.2) is 41.5 Å². The molecule has 2 aliphatic rings. The van der Waals surface area contributed by atoms with E-state index in [1.54, 1.807) is 7.05 Å². The Labute approximate surface area is 118 Å². The standard InChI is InChI=1S/C13H20N2O3S/c1-14-12(17)9-4-2-8(3-5-9)7-15-11(16)6-10(19)13(15)18/h8-10,19H,2-7H2,1H3,(H,14,17). The fourth-order valence-electron chi connectivity index (χ4n) is 2.93. The van der Waals surface area contributed by atoms with Gasteiger partial charge < -0.3 is 5.32 Å². The Balaban J connectivity index is 1.84. The molecule has 0 bridgehead atoms. The second kappa shape index (κ2) is 5.94. The van der Waals surface area contributed by atoms with E-state index in [-0.39, 0.29) is 30.1 Å². The highest BCUT2D eigenvalue weighted by molar-refractivity contribution is 7.81. The number of hydrogen-bond acceptors (Lipinski definition) is 4. The SMILES string of the molecule is CNC(=O)C1CCC(CN2C(=O)CC(S)C2=O)CC1. The van der Waals surface area contributed by atoms with Crippen LogP contribution in [-0.2, 0) is 14.4 Å². The normalized spacial score (nSPS) is 31.7. The molecule has 0 aromatic rings. The average Bonchev–Trinajstić information content (AvgIpc) is 2.65. The molecule has 1 aliphatic heterocycles. The van der Waals surface area contributed by atoms with Gasteiger partial charge in [-0.3, -0.25) is 19.3 Å². The van der Waals surface area contributed by atoms with Gasteiger partial charge in [0.25, 0.3) is 0 Å². The number of carbonyl (C=O) groups is 3. The van der Waals surface area contributed by atoms with Crippen molar-refractivity contribution in [2.24, 2.45) is 11.8 Å². The first-order valence-electron chi connectivity index (χ1n) is 6.76. The Hall–Kier alpha value is -1.04. The van der Waals surface area contributed by atoms with Crippen molar-refractivity contribution >= 4 is 30.4 Å². The number of nitrogens with one attached hydrogen (secondary N) is 1. The van der Waals surface area contributed by atoms with Crippen LogP contribution in [0, 0.1) is 11.8 Å². The largest absolute Gasteiger partial charge is 0.359 e. The van der Waals surface area contributed by atoms with Crippen LogP contribution in [0.25, 0.3) is 0 Å². The molecule has 19 heavy (non-hydrogen) atoms. The van der Waals surface area contributed by atoms with E-state index in [0.29, 0.717) is 12.5 Å². The Morgan fingerprint density at radius 1 is 1.32 bits per heavy atom. The first kappa shape index (κ1) is 14.4. The molecule has 3 amide bonds. The van der Waals surface area contributed by atoms with Gasteiger partial charge in [-0.05, 0) is 31.6 Å². The highest BCUT2D eigenvalue weighted by atomic mass is 32.1. The van der Waals surface area contributed by atoms with Crippen molar-refractivity contribution in [2.75, 3.05) is 13.6 Å². The van der Waals surface area contributed by atoms with Gasteiger partial charge in [-0.25, -0.2) is 0 Å². The zero-order valence-electron chi connectivity index (χ0n) is 11.1. The van der Waals surface area contributed by atoms with E-state index in [4.69, 9.17) is 0 Å². The van der Waals surface area contributed by atoms with Gasteiger partial charge >= 0.3 is 0 Å². The molecule has 2 fully saturated rings. The zero-order valence-corrected chi connectivity index (χ0v) is 12.0. The van der Waals surface area contributed by atoms with Crippen molar-refractivity contribution < 1.29 is 14.4 Å². The van der Waals surface area contributed by atoms with Crippen LogP contribution in [0.1, 0.15) is 32.1 Å². The van der Waals surface area contributed by atoms with Gasteiger partial charge in [0.1, 0.15) is 0 Å². The lowest BCUT2D eigenvalue weighted by molar-refractivity contribution is -0.139. The van der Waals surface area contributed by atoms with Gasteiger partial charge in [0.05, 0.1) is 5.25 Å². The predicted molar refractivity (Wildman–Crippen MR) is 73.6 cm³/mol. The maximum atomic E-state index is 11.8. The molecule has 6 heteroatoms. The molecular weight excluding hydrogens is 264 g/mol. The minimum atomic E-state index is -0.463. The van der Waals surface area contributed by atoms with Crippen molar-refractivity contribution in [1.29, 1.82) is 0 Å². The monoisotopic (exact) mass is 284 g/mol. The molecule has 1 saturated heterocycles. The molecule has 0 aromatic heterocycles. The molecule has 106 valence electrons. The summed E-state index contributed by atoms with van der Waals surface area (Å²) in [6.07, 6.45) is 3.68. The van der Waals surface area contributed by atoms with E-state index >= 15 is 0 Å². The summed E-state index contributed by atoms with van der Waals surface area (Å²) >= 11 is 4.11. The number of imide groups is 1. The fourth-order valence-corrected chi connectivity index (χ4v) is 3.22. The fraction of sp³-hybridized carbons (Fsp3) is 0.769. The van der Waals surface area contributed by atoms with E-state index in [9.17, 15) is 14.4 Å². The Morgan fingerprint density at radius 2 is 1.95 bits per heavy atom. The van der Waals surface area contributed by atoms with Crippen LogP contribution in [0.5, 0.6) is 0 Å². The van der Waals surface area contributed by atoms with Crippen LogP contribution >= 0.6 is 12.6 Å². The van der Waals surface area contributed by atoms with Gasteiger partial charge in [-0.15, -0.1) is 0 Å². The van der Waals surface area contributed by atoms with Crippen molar-refractivity contribution in [3.8, 4) is 0 Å². The molecule has 0 aromatic carbocycles. The van der Waals surface area contributed by atoms with Crippen LogP contribution < -0.4 is 5.32 Å². The lowest BCUT2D eigenvalue weighted by atomic mass is 9.81. The number of hydrogen-bond donors (Lipinski definition) is 2. The van der Waals surface area contributed by atoms with E-state index in [1.807, 2.05) is 0 Å². The maximum Gasteiger partial charge on any atom is 0.242 e. The van der Waals surface area contributed by atoms with Gasteiger partial charge in [0.15, 0.2) is 0 Å². The Morgan fingerprint density at radius 3 is 2.42 bits per heavy atom. The molecule has 0 radical (unpaired) electrons. The molecule has 2 rings (SSSR count). The second-order valence-corrected chi connectivity index (χ2v) is 6.02. The van der Waals surface area contributed by atoms with E-state index < -0.39 is 5.25 Å². The first-order valence-corrected chi connectivity index (χ1v) is 7.28. The van der Waals surface area contributed by atoms with Crippen LogP contribution in [0.2, 0.25) is 0 Å². The van der Waals surface area contributed by atoms with Gasteiger partial charge in [0, 0.05) is 25.9 Å².